The van der Waals surface area contributed by atoms with Crippen LogP contribution < -0.4 is 0 Å². The third kappa shape index (κ3) is 5.04. The van der Waals surface area contributed by atoms with Crippen molar-refractivity contribution in [1.82, 2.24) is 0 Å². The highest BCUT2D eigenvalue weighted by molar-refractivity contribution is 5.79. The molecule has 0 aliphatic carbocycles. The zero-order valence-corrected chi connectivity index (χ0v) is 11.9. The minimum absolute atomic E-state index is 0.0742. The summed E-state index contributed by atoms with van der Waals surface area (Å²) in [6.45, 7) is 0. The lowest BCUT2D eigenvalue weighted by Gasteiger charge is -2.10. The van der Waals surface area contributed by atoms with Crippen LogP contribution in [0.25, 0.3) is 0 Å². The van der Waals surface area contributed by atoms with E-state index >= 15 is 0 Å². The van der Waals surface area contributed by atoms with Crippen molar-refractivity contribution in [3.63, 3.8) is 0 Å². The highest BCUT2D eigenvalue weighted by atomic mass is 16.3. The van der Waals surface area contributed by atoms with Crippen molar-refractivity contribution in [3.8, 4) is 5.75 Å². The number of Topliss-reactive ketones (excluding diaryl/α,β-unsaturated/α-hetero) is 1. The smallest absolute Gasteiger partial charge is 0.135 e. The molecule has 0 spiro atoms. The van der Waals surface area contributed by atoms with E-state index in [4.69, 9.17) is 0 Å². The average Bonchev–Trinajstić information content (AvgIpc) is 2.50. The van der Waals surface area contributed by atoms with Gasteiger partial charge in [0.15, 0.2) is 0 Å². The number of rotatable bonds is 7. The van der Waals surface area contributed by atoms with Crippen LogP contribution in [0.15, 0.2) is 54.6 Å². The number of phenols is 1. The van der Waals surface area contributed by atoms with Crippen LogP contribution in [-0.2, 0) is 11.2 Å². The van der Waals surface area contributed by atoms with E-state index in [9.17, 15) is 15.0 Å². The van der Waals surface area contributed by atoms with Gasteiger partial charge in [0.1, 0.15) is 11.5 Å². The lowest BCUT2D eigenvalue weighted by atomic mass is 10.0. The maximum Gasteiger partial charge on any atom is 0.135 e. The van der Waals surface area contributed by atoms with Crippen molar-refractivity contribution < 1.29 is 15.0 Å². The summed E-state index contributed by atoms with van der Waals surface area (Å²) >= 11 is 0. The summed E-state index contributed by atoms with van der Waals surface area (Å²) in [4.78, 5) is 11.9. The second kappa shape index (κ2) is 7.60. The first kappa shape index (κ1) is 15.3. The Hall–Kier alpha value is -2.13. The van der Waals surface area contributed by atoms with Gasteiger partial charge >= 0.3 is 0 Å². The molecule has 0 aliphatic rings. The van der Waals surface area contributed by atoms with Crippen LogP contribution in [0.1, 0.15) is 36.5 Å². The number of ketones is 1. The third-order valence-electron chi connectivity index (χ3n) is 3.46. The molecule has 2 aromatic rings. The predicted molar refractivity (Wildman–Crippen MR) is 82.1 cm³/mol. The molecule has 0 heterocycles. The van der Waals surface area contributed by atoms with Gasteiger partial charge in [0, 0.05) is 12.8 Å². The summed E-state index contributed by atoms with van der Waals surface area (Å²) in [6.07, 6.45) is 1.47. The van der Waals surface area contributed by atoms with E-state index in [1.165, 1.54) is 0 Å². The van der Waals surface area contributed by atoms with Gasteiger partial charge < -0.3 is 10.2 Å². The van der Waals surface area contributed by atoms with Gasteiger partial charge in [0.05, 0.1) is 6.10 Å². The van der Waals surface area contributed by atoms with E-state index < -0.39 is 6.10 Å². The molecule has 3 nitrogen and oxygen atoms in total. The Kier molecular flexibility index (Phi) is 5.52. The van der Waals surface area contributed by atoms with Gasteiger partial charge in [-0.15, -0.1) is 0 Å². The summed E-state index contributed by atoms with van der Waals surface area (Å²) in [5.74, 6) is 0.325. The summed E-state index contributed by atoms with van der Waals surface area (Å²) in [6, 6.07) is 16.3. The first-order chi connectivity index (χ1) is 10.1. The van der Waals surface area contributed by atoms with Crippen LogP contribution in [0.4, 0.5) is 0 Å². The van der Waals surface area contributed by atoms with Crippen molar-refractivity contribution in [2.75, 3.05) is 0 Å². The number of hydrogen-bond acceptors (Lipinski definition) is 3. The number of carbonyl (C=O) groups excluding carboxylic acids is 1. The fourth-order valence-corrected chi connectivity index (χ4v) is 2.26. The van der Waals surface area contributed by atoms with Crippen molar-refractivity contribution in [2.45, 2.75) is 31.8 Å². The second-order valence-electron chi connectivity index (χ2n) is 5.19. The van der Waals surface area contributed by atoms with E-state index in [1.54, 1.807) is 12.1 Å². The zero-order valence-electron chi connectivity index (χ0n) is 11.9. The Morgan fingerprint density at radius 3 is 2.33 bits per heavy atom. The first-order valence-corrected chi connectivity index (χ1v) is 7.18. The molecular formula is C18H20O3. The number of aliphatic hydroxyl groups is 1. The monoisotopic (exact) mass is 284 g/mol. The normalized spacial score (nSPS) is 12.0. The number of aliphatic hydroxyl groups excluding tert-OH is 1. The fourth-order valence-electron chi connectivity index (χ4n) is 2.26. The predicted octanol–water partition coefficient (Wildman–Crippen LogP) is 3.41. The maximum absolute atomic E-state index is 11.9. The second-order valence-corrected chi connectivity index (χ2v) is 5.19. The molecule has 0 radical (unpaired) electrons. The van der Waals surface area contributed by atoms with Crippen molar-refractivity contribution >= 4 is 5.78 Å². The quantitative estimate of drug-likeness (QED) is 0.819. The van der Waals surface area contributed by atoms with Gasteiger partial charge in [-0.05, 0) is 36.1 Å². The third-order valence-corrected chi connectivity index (χ3v) is 3.46. The Bertz CT molecular complexity index is 561. The van der Waals surface area contributed by atoms with Crippen LogP contribution in [0, 0.1) is 0 Å². The minimum atomic E-state index is -0.715. The first-order valence-electron chi connectivity index (χ1n) is 7.18. The van der Waals surface area contributed by atoms with E-state index in [0.29, 0.717) is 6.42 Å². The number of aromatic hydroxyl groups is 1. The van der Waals surface area contributed by atoms with Gasteiger partial charge in [-0.25, -0.2) is 0 Å². The maximum atomic E-state index is 11.9. The van der Waals surface area contributed by atoms with Crippen LogP contribution in [0.5, 0.6) is 5.75 Å². The van der Waals surface area contributed by atoms with Gasteiger partial charge in [-0.1, -0.05) is 42.5 Å². The molecule has 0 bridgehead atoms. The number of hydrogen-bond donors (Lipinski definition) is 2. The zero-order chi connectivity index (χ0) is 15.1. The highest BCUT2D eigenvalue weighted by Crippen LogP contribution is 2.18. The molecule has 2 N–H and O–H groups in total. The number of aryl methyl sites for hydroxylation is 1. The lowest BCUT2D eigenvalue weighted by molar-refractivity contribution is -0.121. The number of benzene rings is 2. The summed E-state index contributed by atoms with van der Waals surface area (Å²) in [5.41, 5.74) is 1.88. The largest absolute Gasteiger partial charge is 0.508 e. The fraction of sp³-hybridized carbons (Fsp3) is 0.278. The van der Waals surface area contributed by atoms with Gasteiger partial charge in [0.25, 0.3) is 0 Å². The topological polar surface area (TPSA) is 57.5 Å². The molecule has 0 aromatic heterocycles. The molecule has 1 atom stereocenters. The van der Waals surface area contributed by atoms with E-state index in [1.807, 2.05) is 42.5 Å². The number of carbonyl (C=O) groups is 1. The van der Waals surface area contributed by atoms with Crippen molar-refractivity contribution in [2.24, 2.45) is 0 Å². The molecule has 21 heavy (non-hydrogen) atoms. The lowest BCUT2D eigenvalue weighted by Crippen LogP contribution is -2.07. The van der Waals surface area contributed by atoms with Crippen LogP contribution in [-0.4, -0.2) is 16.0 Å². The van der Waals surface area contributed by atoms with Crippen LogP contribution in [0.2, 0.25) is 0 Å². The molecule has 3 heteroatoms. The van der Waals surface area contributed by atoms with E-state index in [0.717, 1.165) is 24.0 Å². The molecular weight excluding hydrogens is 264 g/mol. The standard InChI is InChI=1S/C18H20O3/c19-16-11-9-14(10-12-16)5-4-8-17(20)13-18(21)15-6-2-1-3-7-15/h1-3,6-7,9-12,18-19,21H,4-5,8,13H2/t18-/m1/s1. The molecule has 0 fully saturated rings. The summed E-state index contributed by atoms with van der Waals surface area (Å²) < 4.78 is 0. The molecule has 0 aliphatic heterocycles. The van der Waals surface area contributed by atoms with Gasteiger partial charge in [0.2, 0.25) is 0 Å². The Morgan fingerprint density at radius 1 is 1.00 bits per heavy atom. The van der Waals surface area contributed by atoms with Crippen molar-refractivity contribution in [1.29, 1.82) is 0 Å². The summed E-state index contributed by atoms with van der Waals surface area (Å²) in [5, 5.41) is 19.2. The van der Waals surface area contributed by atoms with E-state index in [2.05, 4.69) is 0 Å². The molecule has 2 rings (SSSR count). The summed E-state index contributed by atoms with van der Waals surface area (Å²) in [7, 11) is 0. The van der Waals surface area contributed by atoms with Crippen LogP contribution in [0.3, 0.4) is 0 Å². The molecule has 2 aromatic carbocycles. The molecule has 0 amide bonds. The Morgan fingerprint density at radius 2 is 1.67 bits per heavy atom. The van der Waals surface area contributed by atoms with Gasteiger partial charge in [-0.3, -0.25) is 4.79 Å². The number of phenolic OH excluding ortho intramolecular Hbond substituents is 1. The van der Waals surface area contributed by atoms with Crippen LogP contribution >= 0.6 is 0 Å². The molecule has 0 saturated carbocycles. The molecule has 0 saturated heterocycles. The van der Waals surface area contributed by atoms with E-state index in [-0.39, 0.29) is 18.0 Å². The molecule has 0 unspecified atom stereocenters. The molecule has 110 valence electrons. The SMILES string of the molecule is O=C(CCCc1ccc(O)cc1)C[C@@H](O)c1ccccc1. The van der Waals surface area contributed by atoms with Crippen molar-refractivity contribution in [3.05, 3.63) is 65.7 Å². The van der Waals surface area contributed by atoms with Gasteiger partial charge in [-0.2, -0.15) is 0 Å². The minimum Gasteiger partial charge on any atom is -0.508 e. The Balaban J connectivity index is 1.73. The highest BCUT2D eigenvalue weighted by Gasteiger charge is 2.12. The average molecular weight is 284 g/mol. The Labute approximate surface area is 124 Å².